The van der Waals surface area contributed by atoms with Crippen LogP contribution in [0.25, 0.3) is 44.2 Å². The fourth-order valence-electron chi connectivity index (χ4n) is 4.39. The van der Waals surface area contributed by atoms with Crippen molar-refractivity contribution in [3.05, 3.63) is 66.4 Å². The van der Waals surface area contributed by atoms with E-state index in [4.69, 9.17) is 4.42 Å². The van der Waals surface area contributed by atoms with Crippen molar-refractivity contribution < 1.29 is 8.98 Å². The average molecular weight is 398 g/mol. The minimum absolute atomic E-state index is 0.697. The molecule has 3 nitrogen and oxygen atoms in total. The first-order chi connectivity index (χ1) is 13.9. The number of aromatic nitrogens is 2. The van der Waals surface area contributed by atoms with Crippen LogP contribution in [-0.2, 0) is 7.05 Å². The van der Waals surface area contributed by atoms with Crippen LogP contribution in [-0.4, -0.2) is 13.1 Å². The maximum Gasteiger partial charge on any atom is 0.227 e. The molecule has 0 saturated carbocycles. The number of aryl methyl sites for hydroxylation is 2. The van der Waals surface area contributed by atoms with Gasteiger partial charge in [0.05, 0.1) is 13.6 Å². The van der Waals surface area contributed by atoms with Gasteiger partial charge in [0.25, 0.3) is 0 Å². The van der Waals surface area contributed by atoms with Gasteiger partial charge < -0.3 is 4.42 Å². The summed E-state index contributed by atoms with van der Waals surface area (Å²) in [6.07, 6.45) is 1.79. The van der Waals surface area contributed by atoms with E-state index in [0.717, 1.165) is 21.9 Å². The van der Waals surface area contributed by atoms with Gasteiger partial charge in [-0.25, -0.2) is 4.98 Å². The van der Waals surface area contributed by atoms with Gasteiger partial charge in [0.2, 0.25) is 16.9 Å². The first-order valence-corrected chi connectivity index (χ1v) is 13.6. The molecule has 0 saturated heterocycles. The van der Waals surface area contributed by atoms with Gasteiger partial charge >= 0.3 is 0 Å². The molecular formula is C25H25N2OSi+. The van der Waals surface area contributed by atoms with E-state index < -0.39 is 8.07 Å². The minimum atomic E-state index is -1.56. The largest absolute Gasteiger partial charge is 0.437 e. The summed E-state index contributed by atoms with van der Waals surface area (Å²) in [6, 6.07) is 19.5. The first-order valence-electron chi connectivity index (χ1n) is 10.1. The van der Waals surface area contributed by atoms with Gasteiger partial charge in [-0.05, 0) is 35.9 Å². The smallest absolute Gasteiger partial charge is 0.227 e. The van der Waals surface area contributed by atoms with Crippen molar-refractivity contribution in [3.63, 3.8) is 0 Å². The predicted octanol–water partition coefficient (Wildman–Crippen LogP) is 5.48. The molecule has 3 heterocycles. The minimum Gasteiger partial charge on any atom is -0.437 e. The molecule has 4 heteroatoms. The summed E-state index contributed by atoms with van der Waals surface area (Å²) in [7, 11) is 0.600. The van der Waals surface area contributed by atoms with Crippen molar-refractivity contribution in [1.29, 1.82) is 0 Å². The molecule has 0 aliphatic carbocycles. The Balaban J connectivity index is 1.95. The van der Waals surface area contributed by atoms with Crippen LogP contribution in [0.15, 0.2) is 65.2 Å². The van der Waals surface area contributed by atoms with Gasteiger partial charge in [-0.3, -0.25) is 0 Å². The van der Waals surface area contributed by atoms with Crippen molar-refractivity contribution in [2.75, 3.05) is 0 Å². The molecule has 29 heavy (non-hydrogen) atoms. The third kappa shape index (κ3) is 2.70. The fraction of sp³-hybridized carbons (Fsp3) is 0.200. The van der Waals surface area contributed by atoms with Crippen molar-refractivity contribution in [1.82, 2.24) is 4.98 Å². The number of benzene rings is 2. The summed E-state index contributed by atoms with van der Waals surface area (Å²) in [4.78, 5) is 4.45. The molecule has 0 amide bonds. The van der Waals surface area contributed by atoms with Gasteiger partial charge in [-0.2, -0.15) is 4.57 Å². The highest BCUT2D eigenvalue weighted by atomic mass is 28.3. The van der Waals surface area contributed by atoms with Gasteiger partial charge in [0.1, 0.15) is 7.05 Å². The lowest BCUT2D eigenvalue weighted by molar-refractivity contribution is -0.633. The second-order valence-electron chi connectivity index (χ2n) is 8.86. The van der Waals surface area contributed by atoms with Crippen LogP contribution in [0.4, 0.5) is 0 Å². The Labute approximate surface area is 171 Å². The van der Waals surface area contributed by atoms with E-state index in [1.807, 2.05) is 6.07 Å². The van der Waals surface area contributed by atoms with Gasteiger partial charge in [0, 0.05) is 34.5 Å². The van der Waals surface area contributed by atoms with Crippen LogP contribution in [0.5, 0.6) is 0 Å². The molecule has 0 bridgehead atoms. The third-order valence-corrected chi connectivity index (χ3v) is 7.92. The van der Waals surface area contributed by atoms with E-state index in [1.54, 1.807) is 6.20 Å². The third-order valence-electron chi connectivity index (χ3n) is 5.89. The number of hydrogen-bond donors (Lipinski definition) is 0. The fourth-order valence-corrected chi connectivity index (χ4v) is 5.98. The predicted molar refractivity (Wildman–Crippen MR) is 123 cm³/mol. The maximum atomic E-state index is 6.30. The monoisotopic (exact) mass is 397 g/mol. The summed E-state index contributed by atoms with van der Waals surface area (Å²) in [5, 5.41) is 5.02. The first kappa shape index (κ1) is 18.1. The quantitative estimate of drug-likeness (QED) is 0.292. The Morgan fingerprint density at radius 3 is 2.45 bits per heavy atom. The summed E-state index contributed by atoms with van der Waals surface area (Å²) in [5.41, 5.74) is 6.45. The highest BCUT2D eigenvalue weighted by Gasteiger charge is 2.28. The van der Waals surface area contributed by atoms with E-state index in [2.05, 4.69) is 91.7 Å². The highest BCUT2D eigenvalue weighted by Crippen LogP contribution is 2.36. The van der Waals surface area contributed by atoms with Crippen LogP contribution >= 0.6 is 0 Å². The molecule has 2 aromatic carbocycles. The van der Waals surface area contributed by atoms with Crippen LogP contribution in [0.2, 0.25) is 19.6 Å². The lowest BCUT2D eigenvalue weighted by atomic mass is 10.00. The Bertz CT molecular complexity index is 1410. The molecule has 3 aromatic heterocycles. The average Bonchev–Trinajstić information content (AvgIpc) is 3.07. The zero-order chi connectivity index (χ0) is 20.3. The molecule has 0 fully saturated rings. The molecule has 0 N–H and O–H groups in total. The number of para-hydroxylation sites is 1. The summed E-state index contributed by atoms with van der Waals surface area (Å²) in [6.45, 7) is 9.41. The Kier molecular flexibility index (Phi) is 3.90. The van der Waals surface area contributed by atoms with Crippen molar-refractivity contribution in [2.45, 2.75) is 26.6 Å². The second-order valence-corrected chi connectivity index (χ2v) is 13.9. The van der Waals surface area contributed by atoms with Gasteiger partial charge in [-0.15, -0.1) is 0 Å². The Morgan fingerprint density at radius 2 is 1.66 bits per heavy atom. The lowest BCUT2D eigenvalue weighted by Gasteiger charge is -2.20. The number of fused-ring (bicyclic) bond motifs is 4. The van der Waals surface area contributed by atoms with Gasteiger partial charge in [-0.1, -0.05) is 43.9 Å². The van der Waals surface area contributed by atoms with E-state index >= 15 is 0 Å². The highest BCUT2D eigenvalue weighted by molar-refractivity contribution is 6.90. The number of nitrogens with zero attached hydrogens (tertiary/aromatic N) is 2. The molecule has 0 atom stereocenters. The topological polar surface area (TPSA) is 29.9 Å². The lowest BCUT2D eigenvalue weighted by Crippen LogP contribution is -2.43. The van der Waals surface area contributed by atoms with Crippen LogP contribution in [0.1, 0.15) is 5.56 Å². The molecule has 0 radical (unpaired) electrons. The van der Waals surface area contributed by atoms with Crippen LogP contribution in [0.3, 0.4) is 0 Å². The van der Waals surface area contributed by atoms with Gasteiger partial charge in [0.15, 0.2) is 5.58 Å². The standard InChI is InChI=1S/C25H25N2OSi/c1-16-12-13-17-18-10-8-14-26-25(18)28-24(17)23(16)21-15-22(29(3,4)5)19-9-6-7-11-20(19)27(21)2/h6-15H,1-5H3/q+1. The van der Waals surface area contributed by atoms with Crippen LogP contribution < -0.4 is 9.75 Å². The van der Waals surface area contributed by atoms with Crippen molar-refractivity contribution in [3.8, 4) is 11.3 Å². The zero-order valence-electron chi connectivity index (χ0n) is 17.6. The second kappa shape index (κ2) is 6.26. The molecule has 5 rings (SSSR count). The van der Waals surface area contributed by atoms with E-state index in [-0.39, 0.29) is 0 Å². The number of pyridine rings is 2. The molecule has 144 valence electrons. The molecular weight excluding hydrogens is 372 g/mol. The molecule has 0 aliphatic heterocycles. The molecule has 5 aromatic rings. The Hall–Kier alpha value is -2.98. The number of rotatable bonds is 2. The van der Waals surface area contributed by atoms with Crippen molar-refractivity contribution >= 4 is 46.2 Å². The van der Waals surface area contributed by atoms with Crippen LogP contribution in [0, 0.1) is 6.92 Å². The van der Waals surface area contributed by atoms with E-state index in [0.29, 0.717) is 5.71 Å². The number of furan rings is 1. The Morgan fingerprint density at radius 1 is 0.897 bits per heavy atom. The summed E-state index contributed by atoms with van der Waals surface area (Å²) >= 11 is 0. The normalized spacial score (nSPS) is 12.3. The van der Waals surface area contributed by atoms with E-state index in [1.165, 1.54) is 27.3 Å². The SMILES string of the molecule is Cc1ccc2c(oc3ncccc32)c1-c1cc([Si](C)(C)C)c2ccccc2[n+]1C. The molecule has 0 unspecified atom stereocenters. The zero-order valence-corrected chi connectivity index (χ0v) is 18.6. The summed E-state index contributed by atoms with van der Waals surface area (Å²) in [5.74, 6) is 0. The summed E-state index contributed by atoms with van der Waals surface area (Å²) < 4.78 is 8.61. The molecule has 0 spiro atoms. The maximum absolute atomic E-state index is 6.30. The van der Waals surface area contributed by atoms with Crippen molar-refractivity contribution in [2.24, 2.45) is 7.05 Å². The number of hydrogen-bond acceptors (Lipinski definition) is 2. The molecule has 0 aliphatic rings. The van der Waals surface area contributed by atoms with E-state index in [9.17, 15) is 0 Å².